The molecule has 1 rings (SSSR count). The Morgan fingerprint density at radius 3 is 2.53 bits per heavy atom. The summed E-state index contributed by atoms with van der Waals surface area (Å²) in [5.74, 6) is -1.34. The molecule has 0 amide bonds. The second kappa shape index (κ2) is 5.18. The number of hydrogen-bond donors (Lipinski definition) is 2. The monoisotopic (exact) mass is 257 g/mol. The first-order valence-corrected chi connectivity index (χ1v) is 5.88. The zero-order valence-electron chi connectivity index (χ0n) is 9.94. The van der Waals surface area contributed by atoms with Crippen molar-refractivity contribution in [2.24, 2.45) is 0 Å². The van der Waals surface area contributed by atoms with Crippen LogP contribution in [0, 0.1) is 0 Å². The van der Waals surface area contributed by atoms with Crippen LogP contribution in [-0.4, -0.2) is 29.2 Å². The molecule has 0 aliphatic carbocycles. The fourth-order valence-electron chi connectivity index (χ4n) is 1.08. The quantitative estimate of drug-likeness (QED) is 0.809. The third kappa shape index (κ3) is 4.86. The van der Waals surface area contributed by atoms with Crippen LogP contribution in [0.25, 0.3) is 0 Å². The molecule has 0 unspecified atom stereocenters. The normalized spacial score (nSPS) is 11.0. The van der Waals surface area contributed by atoms with Gasteiger partial charge in [-0.2, -0.15) is 0 Å². The van der Waals surface area contributed by atoms with Gasteiger partial charge in [-0.05, 0) is 32.9 Å². The van der Waals surface area contributed by atoms with Crippen LogP contribution >= 0.6 is 11.3 Å². The molecule has 0 fully saturated rings. The van der Waals surface area contributed by atoms with Gasteiger partial charge in [0.05, 0.1) is 5.00 Å². The Balaban J connectivity index is 2.45. The molecule has 1 heterocycles. The lowest BCUT2D eigenvalue weighted by Crippen LogP contribution is -2.27. The van der Waals surface area contributed by atoms with Crippen molar-refractivity contribution in [2.75, 3.05) is 11.9 Å². The van der Waals surface area contributed by atoms with Gasteiger partial charge in [-0.3, -0.25) is 4.79 Å². The molecular formula is C11H15NO4S. The molecule has 0 bridgehead atoms. The van der Waals surface area contributed by atoms with Crippen molar-refractivity contribution in [3.05, 3.63) is 17.0 Å². The van der Waals surface area contributed by atoms with Crippen LogP contribution in [0.2, 0.25) is 0 Å². The SMILES string of the molecule is CC(C)(C)OC(=O)CNc1ccc(C(=O)O)s1. The highest BCUT2D eigenvalue weighted by Crippen LogP contribution is 2.21. The average molecular weight is 257 g/mol. The van der Waals surface area contributed by atoms with Gasteiger partial charge in [0.25, 0.3) is 0 Å². The first kappa shape index (κ1) is 13.5. The molecule has 1 aromatic rings. The van der Waals surface area contributed by atoms with Gasteiger partial charge in [0, 0.05) is 0 Å². The largest absolute Gasteiger partial charge is 0.477 e. The molecule has 0 aromatic carbocycles. The van der Waals surface area contributed by atoms with Crippen LogP contribution in [-0.2, 0) is 9.53 Å². The summed E-state index contributed by atoms with van der Waals surface area (Å²) in [6.45, 7) is 5.40. The fourth-order valence-corrected chi connectivity index (χ4v) is 1.83. The highest BCUT2D eigenvalue weighted by atomic mass is 32.1. The molecule has 1 aromatic heterocycles. The number of aromatic carboxylic acids is 1. The van der Waals surface area contributed by atoms with E-state index in [0.29, 0.717) is 5.00 Å². The van der Waals surface area contributed by atoms with Crippen molar-refractivity contribution in [1.29, 1.82) is 0 Å². The number of hydrogen-bond acceptors (Lipinski definition) is 5. The van der Waals surface area contributed by atoms with Crippen molar-refractivity contribution in [3.63, 3.8) is 0 Å². The van der Waals surface area contributed by atoms with Gasteiger partial charge in [0.15, 0.2) is 0 Å². The van der Waals surface area contributed by atoms with E-state index >= 15 is 0 Å². The van der Waals surface area contributed by atoms with Crippen LogP contribution in [0.4, 0.5) is 5.00 Å². The highest BCUT2D eigenvalue weighted by Gasteiger charge is 2.16. The molecule has 0 atom stereocenters. The minimum absolute atomic E-state index is 0.0246. The smallest absolute Gasteiger partial charge is 0.345 e. The molecule has 0 spiro atoms. The molecule has 0 saturated heterocycles. The van der Waals surface area contributed by atoms with Crippen LogP contribution in [0.1, 0.15) is 30.4 Å². The summed E-state index contributed by atoms with van der Waals surface area (Å²) in [4.78, 5) is 22.2. The molecule has 0 aliphatic rings. The van der Waals surface area contributed by atoms with Gasteiger partial charge >= 0.3 is 11.9 Å². The lowest BCUT2D eigenvalue weighted by Gasteiger charge is -2.19. The number of carbonyl (C=O) groups excluding carboxylic acids is 1. The van der Waals surface area contributed by atoms with E-state index in [-0.39, 0.29) is 17.4 Å². The van der Waals surface area contributed by atoms with Gasteiger partial charge in [-0.15, -0.1) is 11.3 Å². The Morgan fingerprint density at radius 2 is 2.06 bits per heavy atom. The van der Waals surface area contributed by atoms with Crippen molar-refractivity contribution in [2.45, 2.75) is 26.4 Å². The molecule has 5 nitrogen and oxygen atoms in total. The Hall–Kier alpha value is -1.56. The van der Waals surface area contributed by atoms with Gasteiger partial charge in [-0.1, -0.05) is 0 Å². The van der Waals surface area contributed by atoms with Gasteiger partial charge in [0.2, 0.25) is 0 Å². The van der Waals surface area contributed by atoms with E-state index in [9.17, 15) is 9.59 Å². The Labute approximate surface area is 103 Å². The molecule has 0 aliphatic heterocycles. The van der Waals surface area contributed by atoms with Crippen LogP contribution in [0.5, 0.6) is 0 Å². The zero-order chi connectivity index (χ0) is 13.1. The van der Waals surface area contributed by atoms with Crippen LogP contribution in [0.15, 0.2) is 12.1 Å². The standard InChI is InChI=1S/C11H15NO4S/c1-11(2,3)16-9(13)6-12-8-5-4-7(17-8)10(14)15/h4-5,12H,6H2,1-3H3,(H,14,15). The topological polar surface area (TPSA) is 75.6 Å². The predicted octanol–water partition coefficient (Wildman–Crippen LogP) is 2.20. The Bertz CT molecular complexity index is 419. The summed E-state index contributed by atoms with van der Waals surface area (Å²) in [7, 11) is 0. The number of rotatable bonds is 4. The van der Waals surface area contributed by atoms with E-state index in [1.807, 2.05) is 0 Å². The van der Waals surface area contributed by atoms with Crippen molar-refractivity contribution in [1.82, 2.24) is 0 Å². The molecule has 2 N–H and O–H groups in total. The molecule has 0 saturated carbocycles. The third-order valence-electron chi connectivity index (χ3n) is 1.64. The van der Waals surface area contributed by atoms with E-state index in [4.69, 9.17) is 9.84 Å². The summed E-state index contributed by atoms with van der Waals surface area (Å²) in [5.41, 5.74) is -0.513. The minimum Gasteiger partial charge on any atom is -0.477 e. The lowest BCUT2D eigenvalue weighted by molar-refractivity contribution is -0.152. The van der Waals surface area contributed by atoms with Gasteiger partial charge in [-0.25, -0.2) is 4.79 Å². The molecular weight excluding hydrogens is 242 g/mol. The maximum absolute atomic E-state index is 11.4. The number of carboxylic acid groups (broad SMARTS) is 1. The average Bonchev–Trinajstić information content (AvgIpc) is 2.60. The van der Waals surface area contributed by atoms with Crippen LogP contribution in [0.3, 0.4) is 0 Å². The predicted molar refractivity (Wildman–Crippen MR) is 65.6 cm³/mol. The number of anilines is 1. The maximum atomic E-state index is 11.4. The van der Waals surface area contributed by atoms with E-state index in [1.165, 1.54) is 6.07 Å². The zero-order valence-corrected chi connectivity index (χ0v) is 10.8. The maximum Gasteiger partial charge on any atom is 0.345 e. The van der Waals surface area contributed by atoms with E-state index in [1.54, 1.807) is 26.8 Å². The van der Waals surface area contributed by atoms with E-state index < -0.39 is 11.6 Å². The van der Waals surface area contributed by atoms with Crippen LogP contribution < -0.4 is 5.32 Å². The van der Waals surface area contributed by atoms with E-state index in [2.05, 4.69) is 5.32 Å². The van der Waals surface area contributed by atoms with Gasteiger partial charge < -0.3 is 15.2 Å². The number of carbonyl (C=O) groups is 2. The number of carboxylic acids is 1. The number of thiophene rings is 1. The summed E-state index contributed by atoms with van der Waals surface area (Å²) < 4.78 is 5.10. The fraction of sp³-hybridized carbons (Fsp3) is 0.455. The van der Waals surface area contributed by atoms with Crippen molar-refractivity contribution >= 4 is 28.3 Å². The summed E-state index contributed by atoms with van der Waals surface area (Å²) in [5, 5.41) is 12.2. The molecule has 0 radical (unpaired) electrons. The molecule has 94 valence electrons. The second-order valence-electron chi connectivity index (χ2n) is 4.41. The van der Waals surface area contributed by atoms with Gasteiger partial charge in [0.1, 0.15) is 17.0 Å². The first-order valence-electron chi connectivity index (χ1n) is 5.07. The summed E-state index contributed by atoms with van der Waals surface area (Å²) >= 11 is 1.08. The molecule has 17 heavy (non-hydrogen) atoms. The summed E-state index contributed by atoms with van der Waals surface area (Å²) in [6, 6.07) is 3.11. The number of esters is 1. The number of ether oxygens (including phenoxy) is 1. The Morgan fingerprint density at radius 1 is 1.41 bits per heavy atom. The molecule has 6 heteroatoms. The lowest BCUT2D eigenvalue weighted by atomic mass is 10.2. The summed E-state index contributed by atoms with van der Waals surface area (Å²) in [6.07, 6.45) is 0. The third-order valence-corrected chi connectivity index (χ3v) is 2.67. The number of nitrogens with one attached hydrogen (secondary N) is 1. The van der Waals surface area contributed by atoms with E-state index in [0.717, 1.165) is 11.3 Å². The Kier molecular flexibility index (Phi) is 4.11. The minimum atomic E-state index is -0.972. The van der Waals surface area contributed by atoms with Crippen molar-refractivity contribution < 1.29 is 19.4 Å². The highest BCUT2D eigenvalue weighted by molar-refractivity contribution is 7.17. The first-order chi connectivity index (χ1) is 7.78. The van der Waals surface area contributed by atoms with Crippen molar-refractivity contribution in [3.8, 4) is 0 Å². The second-order valence-corrected chi connectivity index (χ2v) is 5.49.